The van der Waals surface area contributed by atoms with E-state index in [-0.39, 0.29) is 11.9 Å². The fourth-order valence-electron chi connectivity index (χ4n) is 2.57. The molecule has 104 valence electrons. The number of halogens is 1. The minimum Gasteiger partial charge on any atom is -0.372 e. The minimum atomic E-state index is -0.192. The lowest BCUT2D eigenvalue weighted by Crippen LogP contribution is -2.16. The first-order chi connectivity index (χ1) is 9.84. The summed E-state index contributed by atoms with van der Waals surface area (Å²) in [6.45, 7) is 2.44. The van der Waals surface area contributed by atoms with E-state index in [9.17, 15) is 4.39 Å². The largest absolute Gasteiger partial charge is 0.372 e. The van der Waals surface area contributed by atoms with E-state index in [2.05, 4.69) is 5.32 Å². The van der Waals surface area contributed by atoms with Crippen molar-refractivity contribution < 1.29 is 9.13 Å². The molecule has 2 aromatic carbocycles. The lowest BCUT2D eigenvalue weighted by atomic mass is 10.00. The summed E-state index contributed by atoms with van der Waals surface area (Å²) < 4.78 is 19.9. The van der Waals surface area contributed by atoms with Gasteiger partial charge in [-0.25, -0.2) is 4.39 Å². The van der Waals surface area contributed by atoms with Gasteiger partial charge in [-0.3, -0.25) is 0 Å². The summed E-state index contributed by atoms with van der Waals surface area (Å²) in [5.74, 6) is -0.192. The maximum Gasteiger partial charge on any atom is 0.131 e. The first kappa shape index (κ1) is 13.3. The van der Waals surface area contributed by atoms with Crippen molar-refractivity contribution in [3.05, 3.63) is 59.9 Å². The molecule has 0 saturated carbocycles. The van der Waals surface area contributed by atoms with Crippen molar-refractivity contribution in [2.45, 2.75) is 19.1 Å². The smallest absolute Gasteiger partial charge is 0.131 e. The average molecular weight is 271 g/mol. The maximum atomic E-state index is 13.9. The predicted molar refractivity (Wildman–Crippen MR) is 77.9 cm³/mol. The Hall–Kier alpha value is -1.71. The molecule has 0 amide bonds. The summed E-state index contributed by atoms with van der Waals surface area (Å²) in [4.78, 5) is 0. The lowest BCUT2D eigenvalue weighted by Gasteiger charge is -2.14. The zero-order valence-corrected chi connectivity index (χ0v) is 11.3. The Labute approximate surface area is 118 Å². The second-order valence-corrected chi connectivity index (χ2v) is 5.06. The highest BCUT2D eigenvalue weighted by molar-refractivity contribution is 5.67. The zero-order chi connectivity index (χ0) is 13.8. The molecule has 1 aliphatic heterocycles. The van der Waals surface area contributed by atoms with Crippen LogP contribution in [0, 0.1) is 5.82 Å². The molecule has 0 radical (unpaired) electrons. The van der Waals surface area contributed by atoms with E-state index in [4.69, 9.17) is 4.74 Å². The summed E-state index contributed by atoms with van der Waals surface area (Å²) >= 11 is 0. The van der Waals surface area contributed by atoms with Gasteiger partial charge in [-0.05, 0) is 30.2 Å². The van der Waals surface area contributed by atoms with Gasteiger partial charge in [0.2, 0.25) is 0 Å². The molecule has 1 saturated heterocycles. The molecule has 3 heteroatoms. The fourth-order valence-corrected chi connectivity index (χ4v) is 2.57. The van der Waals surface area contributed by atoms with Gasteiger partial charge < -0.3 is 10.1 Å². The van der Waals surface area contributed by atoms with Crippen LogP contribution >= 0.6 is 0 Å². The Bertz CT molecular complexity index is 579. The summed E-state index contributed by atoms with van der Waals surface area (Å²) in [6.07, 6.45) is 1.31. The van der Waals surface area contributed by atoms with Gasteiger partial charge in [0.25, 0.3) is 0 Å². The lowest BCUT2D eigenvalue weighted by molar-refractivity contribution is 0.0545. The normalized spacial score (nSPS) is 18.4. The third-order valence-corrected chi connectivity index (χ3v) is 3.67. The number of rotatable bonds is 4. The van der Waals surface area contributed by atoms with Crippen molar-refractivity contribution in [1.82, 2.24) is 5.32 Å². The Morgan fingerprint density at radius 1 is 1.05 bits per heavy atom. The second-order valence-electron chi connectivity index (χ2n) is 5.06. The second kappa shape index (κ2) is 6.16. The zero-order valence-electron chi connectivity index (χ0n) is 11.3. The van der Waals surface area contributed by atoms with E-state index >= 15 is 0 Å². The van der Waals surface area contributed by atoms with Crippen molar-refractivity contribution in [3.8, 4) is 11.1 Å². The number of hydrogen-bond acceptors (Lipinski definition) is 2. The molecule has 0 aliphatic carbocycles. The molecule has 3 rings (SSSR count). The van der Waals surface area contributed by atoms with Gasteiger partial charge in [-0.15, -0.1) is 0 Å². The highest BCUT2D eigenvalue weighted by Gasteiger charge is 2.16. The number of ether oxygens (including phenoxy) is 1. The van der Waals surface area contributed by atoms with Crippen LogP contribution < -0.4 is 5.32 Å². The molecule has 1 N–H and O–H groups in total. The quantitative estimate of drug-likeness (QED) is 0.920. The number of nitrogens with one attached hydrogen (secondary N) is 1. The Balaban J connectivity index is 1.82. The molecule has 2 nitrogen and oxygen atoms in total. The third kappa shape index (κ3) is 2.89. The van der Waals surface area contributed by atoms with Gasteiger partial charge in [0, 0.05) is 12.1 Å². The van der Waals surface area contributed by atoms with E-state index in [1.165, 1.54) is 6.07 Å². The fraction of sp³-hybridized carbons (Fsp3) is 0.294. The predicted octanol–water partition coefficient (Wildman–Crippen LogP) is 3.37. The van der Waals surface area contributed by atoms with Gasteiger partial charge in [-0.1, -0.05) is 42.5 Å². The summed E-state index contributed by atoms with van der Waals surface area (Å²) in [7, 11) is 0. The van der Waals surface area contributed by atoms with E-state index in [0.29, 0.717) is 12.2 Å². The summed E-state index contributed by atoms with van der Waals surface area (Å²) in [5, 5.41) is 3.28. The van der Waals surface area contributed by atoms with Crippen molar-refractivity contribution in [3.63, 3.8) is 0 Å². The molecule has 1 atom stereocenters. The Kier molecular flexibility index (Phi) is 4.09. The van der Waals surface area contributed by atoms with Gasteiger partial charge in [-0.2, -0.15) is 0 Å². The topological polar surface area (TPSA) is 21.3 Å². The van der Waals surface area contributed by atoms with E-state index in [1.807, 2.05) is 36.4 Å². The van der Waals surface area contributed by atoms with Crippen LogP contribution in [0.1, 0.15) is 12.0 Å². The van der Waals surface area contributed by atoms with Crippen molar-refractivity contribution in [2.24, 2.45) is 0 Å². The van der Waals surface area contributed by atoms with E-state index < -0.39 is 0 Å². The summed E-state index contributed by atoms with van der Waals surface area (Å²) in [6, 6.07) is 14.7. The molecule has 0 unspecified atom stereocenters. The van der Waals surface area contributed by atoms with Crippen LogP contribution in [-0.2, 0) is 11.3 Å². The number of hydrogen-bond donors (Lipinski definition) is 1. The number of benzene rings is 2. The van der Waals surface area contributed by atoms with Crippen LogP contribution in [0.5, 0.6) is 0 Å². The van der Waals surface area contributed by atoms with Crippen LogP contribution in [-0.4, -0.2) is 19.2 Å². The minimum absolute atomic E-state index is 0.192. The van der Waals surface area contributed by atoms with E-state index in [1.54, 1.807) is 6.07 Å². The average Bonchev–Trinajstić information content (AvgIpc) is 2.99. The Morgan fingerprint density at radius 3 is 2.55 bits per heavy atom. The molecule has 1 fully saturated rings. The molecule has 0 spiro atoms. The van der Waals surface area contributed by atoms with Crippen LogP contribution in [0.2, 0.25) is 0 Å². The highest BCUT2D eigenvalue weighted by Crippen LogP contribution is 2.27. The molecule has 20 heavy (non-hydrogen) atoms. The van der Waals surface area contributed by atoms with E-state index in [0.717, 1.165) is 30.6 Å². The summed E-state index contributed by atoms with van der Waals surface area (Å²) in [5.41, 5.74) is 2.58. The molecular formula is C17H18FNO. The van der Waals surface area contributed by atoms with Crippen LogP contribution in [0.4, 0.5) is 4.39 Å². The van der Waals surface area contributed by atoms with Crippen LogP contribution in [0.15, 0.2) is 48.5 Å². The standard InChI is InChI=1S/C17H18FNO/c18-17-8-4-3-7-16(17)15-6-2-1-5-13(15)12-20-14-9-10-19-11-14/h1-8,14,19H,9-12H2/t14-/m0/s1. The van der Waals surface area contributed by atoms with Crippen LogP contribution in [0.3, 0.4) is 0 Å². The maximum absolute atomic E-state index is 13.9. The molecule has 0 aromatic heterocycles. The van der Waals surface area contributed by atoms with Crippen molar-refractivity contribution >= 4 is 0 Å². The molecule has 0 bridgehead atoms. The van der Waals surface area contributed by atoms with Gasteiger partial charge in [0.1, 0.15) is 5.82 Å². The SMILES string of the molecule is Fc1ccccc1-c1ccccc1CO[C@H]1CCNC1. The van der Waals surface area contributed by atoms with Crippen molar-refractivity contribution in [2.75, 3.05) is 13.1 Å². The molecule has 2 aromatic rings. The van der Waals surface area contributed by atoms with Crippen LogP contribution in [0.25, 0.3) is 11.1 Å². The first-order valence-corrected chi connectivity index (χ1v) is 7.00. The molecular weight excluding hydrogens is 253 g/mol. The first-order valence-electron chi connectivity index (χ1n) is 7.00. The third-order valence-electron chi connectivity index (χ3n) is 3.67. The molecule has 1 heterocycles. The van der Waals surface area contributed by atoms with Gasteiger partial charge in [0.05, 0.1) is 12.7 Å². The monoisotopic (exact) mass is 271 g/mol. The van der Waals surface area contributed by atoms with Gasteiger partial charge in [0.15, 0.2) is 0 Å². The Morgan fingerprint density at radius 2 is 1.80 bits per heavy atom. The highest BCUT2D eigenvalue weighted by atomic mass is 19.1. The van der Waals surface area contributed by atoms with Crippen molar-refractivity contribution in [1.29, 1.82) is 0 Å². The molecule has 1 aliphatic rings. The van der Waals surface area contributed by atoms with Gasteiger partial charge >= 0.3 is 0 Å².